The highest BCUT2D eigenvalue weighted by Crippen LogP contribution is 2.36. The van der Waals surface area contributed by atoms with Gasteiger partial charge < -0.3 is 19.3 Å². The molecule has 0 aliphatic carbocycles. The molecule has 3 saturated heterocycles. The van der Waals surface area contributed by atoms with Crippen LogP contribution in [0.5, 0.6) is 0 Å². The molecule has 4 aromatic rings. The molecule has 53 heavy (non-hydrogen) atoms. The second-order valence-corrected chi connectivity index (χ2v) is 15.7. The molecule has 0 spiro atoms. The summed E-state index contributed by atoms with van der Waals surface area (Å²) in [6.07, 6.45) is 12.6. The van der Waals surface area contributed by atoms with Gasteiger partial charge in [0.15, 0.2) is 17.9 Å². The van der Waals surface area contributed by atoms with Crippen molar-refractivity contribution < 1.29 is 23.0 Å². The predicted octanol–water partition coefficient (Wildman–Crippen LogP) is 8.07. The van der Waals surface area contributed by atoms with Gasteiger partial charge in [-0.25, -0.2) is 18.3 Å². The summed E-state index contributed by atoms with van der Waals surface area (Å²) < 4.78 is 47.5. The normalized spacial score (nSPS) is 19.8. The van der Waals surface area contributed by atoms with Gasteiger partial charge in [-0.15, -0.1) is 0 Å². The minimum absolute atomic E-state index is 0.185. The molecule has 12 heteroatoms. The van der Waals surface area contributed by atoms with E-state index in [-0.39, 0.29) is 30.0 Å². The molecular weight excluding hydrogens is 676 g/mol. The number of aromatic nitrogens is 4. The van der Waals surface area contributed by atoms with Gasteiger partial charge in [-0.1, -0.05) is 19.1 Å². The topological polar surface area (TPSA) is 80.9 Å². The zero-order valence-corrected chi connectivity index (χ0v) is 31.8. The Bertz CT molecular complexity index is 1940. The van der Waals surface area contributed by atoms with Crippen LogP contribution in [-0.2, 0) is 16.0 Å². The zero-order valence-electron chi connectivity index (χ0n) is 31.8. The van der Waals surface area contributed by atoms with Crippen molar-refractivity contribution in [2.45, 2.75) is 91.1 Å². The quantitative estimate of drug-likeness (QED) is 0.182. The fourth-order valence-electron chi connectivity index (χ4n) is 7.75. The predicted molar refractivity (Wildman–Crippen MR) is 203 cm³/mol. The van der Waals surface area contributed by atoms with Crippen molar-refractivity contribution in [3.8, 4) is 11.1 Å². The van der Waals surface area contributed by atoms with Crippen molar-refractivity contribution in [3.05, 3.63) is 70.7 Å². The van der Waals surface area contributed by atoms with Gasteiger partial charge in [0.05, 0.1) is 23.4 Å². The summed E-state index contributed by atoms with van der Waals surface area (Å²) in [5.41, 5.74) is 4.01. The first-order valence-corrected chi connectivity index (χ1v) is 19.2. The third-order valence-corrected chi connectivity index (χ3v) is 10.8. The van der Waals surface area contributed by atoms with Gasteiger partial charge in [0.25, 0.3) is 0 Å². The van der Waals surface area contributed by atoms with Crippen molar-refractivity contribution in [1.29, 1.82) is 0 Å². The van der Waals surface area contributed by atoms with E-state index in [1.807, 2.05) is 67.8 Å². The molecule has 0 bridgehead atoms. The number of piperazine rings is 1. The summed E-state index contributed by atoms with van der Waals surface area (Å²) in [4.78, 5) is 18.7. The summed E-state index contributed by atoms with van der Waals surface area (Å²) >= 11 is 0. The Morgan fingerprint density at radius 1 is 0.962 bits per heavy atom. The molecule has 1 amide bonds. The van der Waals surface area contributed by atoms with Gasteiger partial charge in [0, 0.05) is 80.7 Å². The Morgan fingerprint density at radius 3 is 2.43 bits per heavy atom. The minimum Gasteiger partial charge on any atom is -0.444 e. The van der Waals surface area contributed by atoms with E-state index in [2.05, 4.69) is 22.7 Å². The lowest BCUT2D eigenvalue weighted by molar-refractivity contribution is -0.0367. The summed E-state index contributed by atoms with van der Waals surface area (Å²) in [6, 6.07) is 7.71. The summed E-state index contributed by atoms with van der Waals surface area (Å²) in [6.45, 7) is 15.9. The first-order valence-electron chi connectivity index (χ1n) is 19.2. The molecule has 10 nitrogen and oxygen atoms in total. The highest BCUT2D eigenvalue weighted by molar-refractivity contribution is 5.94. The number of amides is 1. The van der Waals surface area contributed by atoms with E-state index in [4.69, 9.17) is 19.7 Å². The number of fused-ring (bicyclic) bond motifs is 1. The van der Waals surface area contributed by atoms with Crippen LogP contribution in [0.1, 0.15) is 94.5 Å². The minimum atomic E-state index is -0.866. The Labute approximate surface area is 311 Å². The first-order chi connectivity index (χ1) is 25.5. The van der Waals surface area contributed by atoms with Crippen LogP contribution < -0.4 is 0 Å². The fourth-order valence-corrected chi connectivity index (χ4v) is 7.75. The summed E-state index contributed by atoms with van der Waals surface area (Å²) in [5, 5.41) is 10.6. The van der Waals surface area contributed by atoms with Crippen LogP contribution in [0.15, 0.2) is 36.7 Å². The maximum atomic E-state index is 16.0. The average molecular weight is 730 g/mol. The highest BCUT2D eigenvalue weighted by Gasteiger charge is 2.28. The SMILES string of the molecule is CCN1CCC(n2cc(/C=C/c3nn(C4CCCCO4)c4cc(C)c(-c5ccc(CN6CCN(C(=O)OC(C)(C)C)CC6)c(F)c5F)cc34)cn2)CC1. The number of rotatable bonds is 8. The van der Waals surface area contributed by atoms with E-state index in [0.29, 0.717) is 44.4 Å². The molecule has 3 aliphatic heterocycles. The number of hydrogen-bond donors (Lipinski definition) is 0. The van der Waals surface area contributed by atoms with Gasteiger partial charge in [0.2, 0.25) is 0 Å². The Balaban J connectivity index is 1.13. The molecule has 3 aliphatic rings. The molecule has 3 fully saturated rings. The average Bonchev–Trinajstić information content (AvgIpc) is 3.77. The lowest BCUT2D eigenvalue weighted by atomic mass is 9.96. The molecule has 0 saturated carbocycles. The molecule has 7 rings (SSSR count). The van der Waals surface area contributed by atoms with Gasteiger partial charge in [-0.2, -0.15) is 10.2 Å². The van der Waals surface area contributed by atoms with E-state index >= 15 is 8.78 Å². The standard InChI is InChI=1S/C41H53F2N7O3/c1-6-46-16-14-31(15-17-46)49-26-29(25-44-49)10-13-35-34-24-33(28(2)23-36(34)50(45-35)37-9-7-8-22-52-37)32-12-11-30(38(42)39(32)43)27-47-18-20-48(21-19-47)40(51)53-41(3,4)5/h10-13,23-26,31,37H,6-9,14-22,27H2,1-5H3/b13-10+. The number of aryl methyl sites for hydroxylation is 1. The molecule has 1 unspecified atom stereocenters. The number of carbonyl (C=O) groups excluding carboxylic acids is 1. The van der Waals surface area contributed by atoms with Crippen LogP contribution >= 0.6 is 0 Å². The number of halogens is 2. The number of ether oxygens (including phenoxy) is 2. The molecule has 284 valence electrons. The Morgan fingerprint density at radius 2 is 1.74 bits per heavy atom. The van der Waals surface area contributed by atoms with Crippen LogP contribution in [0.3, 0.4) is 0 Å². The Hall–Kier alpha value is -4.13. The second-order valence-electron chi connectivity index (χ2n) is 15.7. The van der Waals surface area contributed by atoms with Crippen LogP contribution in [0.25, 0.3) is 34.2 Å². The fraction of sp³-hybridized carbons (Fsp3) is 0.537. The van der Waals surface area contributed by atoms with Crippen LogP contribution in [0, 0.1) is 18.6 Å². The van der Waals surface area contributed by atoms with Gasteiger partial charge >= 0.3 is 6.09 Å². The lowest BCUT2D eigenvalue weighted by Crippen LogP contribution is -2.49. The smallest absolute Gasteiger partial charge is 0.410 e. The molecule has 2 aromatic heterocycles. The van der Waals surface area contributed by atoms with Gasteiger partial charge in [-0.05, 0) is 102 Å². The number of hydrogen-bond acceptors (Lipinski definition) is 7. The van der Waals surface area contributed by atoms with Crippen LogP contribution in [0.4, 0.5) is 13.6 Å². The van der Waals surface area contributed by atoms with E-state index in [9.17, 15) is 4.79 Å². The molecular formula is C41H53F2N7O3. The number of benzene rings is 2. The maximum Gasteiger partial charge on any atom is 0.410 e. The van der Waals surface area contributed by atoms with Crippen molar-refractivity contribution in [3.63, 3.8) is 0 Å². The van der Waals surface area contributed by atoms with Crippen LogP contribution in [-0.4, -0.2) is 98.4 Å². The zero-order chi connectivity index (χ0) is 37.3. The lowest BCUT2D eigenvalue weighted by Gasteiger charge is -2.35. The number of carbonyl (C=O) groups is 1. The molecule has 5 heterocycles. The number of likely N-dealkylation sites (tertiary alicyclic amines) is 1. The highest BCUT2D eigenvalue weighted by atomic mass is 19.2. The van der Waals surface area contributed by atoms with E-state index in [1.54, 1.807) is 17.0 Å². The molecule has 1 atom stereocenters. The summed E-state index contributed by atoms with van der Waals surface area (Å²) in [7, 11) is 0. The first kappa shape index (κ1) is 37.2. The maximum absolute atomic E-state index is 16.0. The Kier molecular flexibility index (Phi) is 11.0. The van der Waals surface area contributed by atoms with E-state index < -0.39 is 17.2 Å². The number of piperidine rings is 1. The van der Waals surface area contributed by atoms with Crippen LogP contribution in [0.2, 0.25) is 0 Å². The van der Waals surface area contributed by atoms with Crippen molar-refractivity contribution in [1.82, 2.24) is 34.3 Å². The van der Waals surface area contributed by atoms with E-state index in [1.165, 1.54) is 0 Å². The van der Waals surface area contributed by atoms with Crippen molar-refractivity contribution in [2.75, 3.05) is 52.4 Å². The van der Waals surface area contributed by atoms with Crippen molar-refractivity contribution >= 4 is 29.1 Å². The van der Waals surface area contributed by atoms with Gasteiger partial charge in [-0.3, -0.25) is 9.58 Å². The van der Waals surface area contributed by atoms with E-state index in [0.717, 1.165) is 79.5 Å². The van der Waals surface area contributed by atoms with Gasteiger partial charge in [0.1, 0.15) is 5.60 Å². The van der Waals surface area contributed by atoms with Crippen molar-refractivity contribution in [2.24, 2.45) is 0 Å². The number of nitrogens with zero attached hydrogens (tertiary/aromatic N) is 7. The monoisotopic (exact) mass is 729 g/mol. The summed E-state index contributed by atoms with van der Waals surface area (Å²) in [5.74, 6) is -1.71. The third-order valence-electron chi connectivity index (χ3n) is 10.8. The third kappa shape index (κ3) is 8.34. The molecule has 0 radical (unpaired) electrons. The molecule has 2 aromatic carbocycles. The second kappa shape index (κ2) is 15.7. The largest absolute Gasteiger partial charge is 0.444 e. The molecule has 0 N–H and O–H groups in total.